The molecule has 0 atom stereocenters. The maximum Gasteiger partial charge on any atom is 0.356 e. The second kappa shape index (κ2) is 3.98. The van der Waals surface area contributed by atoms with Crippen molar-refractivity contribution in [2.24, 2.45) is 7.05 Å². The standard InChI is InChI=1S/C11H9ClN2O2/c1-14-10(6-9(13-14)11(15)16)7-2-4-8(12)5-3-7/h2-6H,1H3,(H,15,16). The molecule has 0 fully saturated rings. The van der Waals surface area contributed by atoms with E-state index in [-0.39, 0.29) is 5.69 Å². The van der Waals surface area contributed by atoms with Crippen LogP contribution in [-0.2, 0) is 7.05 Å². The van der Waals surface area contributed by atoms with Gasteiger partial charge in [-0.1, -0.05) is 23.7 Å². The molecular weight excluding hydrogens is 228 g/mol. The number of hydrogen-bond donors (Lipinski definition) is 1. The average molecular weight is 237 g/mol. The summed E-state index contributed by atoms with van der Waals surface area (Å²) in [6.45, 7) is 0. The highest BCUT2D eigenvalue weighted by Gasteiger charge is 2.12. The van der Waals surface area contributed by atoms with E-state index in [1.807, 2.05) is 12.1 Å². The number of carboxylic acids is 1. The summed E-state index contributed by atoms with van der Waals surface area (Å²) in [6.07, 6.45) is 0. The molecule has 16 heavy (non-hydrogen) atoms. The molecule has 2 rings (SSSR count). The van der Waals surface area contributed by atoms with Crippen molar-refractivity contribution in [2.75, 3.05) is 0 Å². The van der Waals surface area contributed by atoms with Crippen molar-refractivity contribution in [3.63, 3.8) is 0 Å². The Balaban J connectivity index is 2.47. The zero-order chi connectivity index (χ0) is 11.7. The Morgan fingerprint density at radius 3 is 2.50 bits per heavy atom. The number of aryl methyl sites for hydroxylation is 1. The van der Waals surface area contributed by atoms with Gasteiger partial charge in [0.25, 0.3) is 0 Å². The monoisotopic (exact) mass is 236 g/mol. The fourth-order valence-corrected chi connectivity index (χ4v) is 1.59. The first-order valence-electron chi connectivity index (χ1n) is 4.61. The van der Waals surface area contributed by atoms with Gasteiger partial charge < -0.3 is 5.11 Å². The van der Waals surface area contributed by atoms with Crippen LogP contribution >= 0.6 is 11.6 Å². The third-order valence-electron chi connectivity index (χ3n) is 2.24. The molecular formula is C11H9ClN2O2. The normalized spacial score (nSPS) is 10.4. The van der Waals surface area contributed by atoms with Crippen LogP contribution in [0.4, 0.5) is 0 Å². The molecule has 0 saturated carbocycles. The van der Waals surface area contributed by atoms with Crippen LogP contribution in [0.5, 0.6) is 0 Å². The van der Waals surface area contributed by atoms with Crippen molar-refractivity contribution in [1.29, 1.82) is 0 Å². The maximum absolute atomic E-state index is 10.8. The SMILES string of the molecule is Cn1nc(C(=O)O)cc1-c1ccc(Cl)cc1. The van der Waals surface area contributed by atoms with E-state index in [0.717, 1.165) is 11.3 Å². The molecule has 0 aliphatic heterocycles. The van der Waals surface area contributed by atoms with Crippen LogP contribution in [-0.4, -0.2) is 20.9 Å². The summed E-state index contributed by atoms with van der Waals surface area (Å²) in [5.41, 5.74) is 1.66. The molecule has 1 aromatic carbocycles. The summed E-state index contributed by atoms with van der Waals surface area (Å²) in [5.74, 6) is -1.03. The predicted molar refractivity (Wildman–Crippen MR) is 60.6 cm³/mol. The van der Waals surface area contributed by atoms with Gasteiger partial charge in [-0.3, -0.25) is 4.68 Å². The molecule has 2 aromatic rings. The minimum atomic E-state index is -1.03. The van der Waals surface area contributed by atoms with Crippen LogP contribution in [0.2, 0.25) is 5.02 Å². The zero-order valence-electron chi connectivity index (χ0n) is 8.51. The number of hydrogen-bond acceptors (Lipinski definition) is 2. The zero-order valence-corrected chi connectivity index (χ0v) is 9.27. The summed E-state index contributed by atoms with van der Waals surface area (Å²) in [7, 11) is 1.70. The van der Waals surface area contributed by atoms with Crippen LogP contribution in [0.15, 0.2) is 30.3 Å². The van der Waals surface area contributed by atoms with Crippen LogP contribution < -0.4 is 0 Å². The highest BCUT2D eigenvalue weighted by atomic mass is 35.5. The van der Waals surface area contributed by atoms with Gasteiger partial charge in [0.15, 0.2) is 5.69 Å². The van der Waals surface area contributed by atoms with Crippen LogP contribution in [0.3, 0.4) is 0 Å². The maximum atomic E-state index is 10.8. The highest BCUT2D eigenvalue weighted by Crippen LogP contribution is 2.21. The number of halogens is 1. The van der Waals surface area contributed by atoms with Gasteiger partial charge in [0.05, 0.1) is 5.69 Å². The highest BCUT2D eigenvalue weighted by molar-refractivity contribution is 6.30. The molecule has 0 aliphatic rings. The largest absolute Gasteiger partial charge is 0.476 e. The molecule has 1 aromatic heterocycles. The lowest BCUT2D eigenvalue weighted by Gasteiger charge is -2.00. The molecule has 5 heteroatoms. The fraction of sp³-hybridized carbons (Fsp3) is 0.0909. The Kier molecular flexibility index (Phi) is 2.66. The van der Waals surface area contributed by atoms with E-state index in [9.17, 15) is 4.79 Å². The van der Waals surface area contributed by atoms with Gasteiger partial charge in [-0.05, 0) is 23.8 Å². The van der Waals surface area contributed by atoms with Crippen LogP contribution in [0.1, 0.15) is 10.5 Å². The third-order valence-corrected chi connectivity index (χ3v) is 2.49. The Morgan fingerprint density at radius 1 is 1.38 bits per heavy atom. The number of benzene rings is 1. The summed E-state index contributed by atoms with van der Waals surface area (Å²) < 4.78 is 1.53. The molecule has 0 saturated heterocycles. The molecule has 0 unspecified atom stereocenters. The smallest absolute Gasteiger partial charge is 0.356 e. The van der Waals surface area contributed by atoms with Gasteiger partial charge in [0, 0.05) is 12.1 Å². The van der Waals surface area contributed by atoms with Crippen molar-refractivity contribution < 1.29 is 9.90 Å². The van der Waals surface area contributed by atoms with Crippen LogP contribution in [0, 0.1) is 0 Å². The summed E-state index contributed by atoms with van der Waals surface area (Å²) in [4.78, 5) is 10.8. The Morgan fingerprint density at radius 2 is 2.00 bits per heavy atom. The molecule has 0 spiro atoms. The lowest BCUT2D eigenvalue weighted by molar-refractivity contribution is 0.0689. The topological polar surface area (TPSA) is 55.1 Å². The van der Waals surface area contributed by atoms with Crippen molar-refractivity contribution >= 4 is 17.6 Å². The fourth-order valence-electron chi connectivity index (χ4n) is 1.46. The summed E-state index contributed by atoms with van der Waals surface area (Å²) in [5, 5.41) is 13.4. The lowest BCUT2D eigenvalue weighted by atomic mass is 10.1. The first-order valence-corrected chi connectivity index (χ1v) is 4.99. The molecule has 82 valence electrons. The lowest BCUT2D eigenvalue weighted by Crippen LogP contribution is -1.99. The molecule has 1 heterocycles. The summed E-state index contributed by atoms with van der Waals surface area (Å²) >= 11 is 5.78. The van der Waals surface area contributed by atoms with Gasteiger partial charge in [0.2, 0.25) is 0 Å². The minimum absolute atomic E-state index is 0.0347. The van der Waals surface area contributed by atoms with E-state index in [4.69, 9.17) is 16.7 Å². The number of rotatable bonds is 2. The molecule has 0 bridgehead atoms. The Labute approximate surface area is 97.1 Å². The second-order valence-electron chi connectivity index (χ2n) is 3.35. The van der Waals surface area contributed by atoms with Gasteiger partial charge in [-0.15, -0.1) is 0 Å². The third kappa shape index (κ3) is 1.92. The predicted octanol–water partition coefficient (Wildman–Crippen LogP) is 2.44. The van der Waals surface area contributed by atoms with E-state index in [0.29, 0.717) is 5.02 Å². The van der Waals surface area contributed by atoms with Gasteiger partial charge in [-0.25, -0.2) is 4.79 Å². The molecule has 4 nitrogen and oxygen atoms in total. The molecule has 0 amide bonds. The number of aromatic nitrogens is 2. The van der Waals surface area contributed by atoms with E-state index in [1.54, 1.807) is 19.2 Å². The Bertz CT molecular complexity index is 531. The number of carbonyl (C=O) groups is 1. The van der Waals surface area contributed by atoms with Gasteiger partial charge in [0.1, 0.15) is 0 Å². The van der Waals surface area contributed by atoms with Gasteiger partial charge in [-0.2, -0.15) is 5.10 Å². The number of aromatic carboxylic acids is 1. The quantitative estimate of drug-likeness (QED) is 0.871. The van der Waals surface area contributed by atoms with Gasteiger partial charge >= 0.3 is 5.97 Å². The van der Waals surface area contributed by atoms with Crippen molar-refractivity contribution in [2.45, 2.75) is 0 Å². The summed E-state index contributed by atoms with van der Waals surface area (Å²) in [6, 6.07) is 8.69. The minimum Gasteiger partial charge on any atom is -0.476 e. The molecule has 1 N–H and O–H groups in total. The van der Waals surface area contributed by atoms with Crippen LogP contribution in [0.25, 0.3) is 11.3 Å². The van der Waals surface area contributed by atoms with E-state index >= 15 is 0 Å². The molecule has 0 aliphatic carbocycles. The first kappa shape index (κ1) is 10.7. The van der Waals surface area contributed by atoms with Crippen molar-refractivity contribution in [1.82, 2.24) is 9.78 Å². The Hall–Kier alpha value is -1.81. The first-order chi connectivity index (χ1) is 7.58. The van der Waals surface area contributed by atoms with E-state index in [2.05, 4.69) is 5.10 Å². The number of nitrogens with zero attached hydrogens (tertiary/aromatic N) is 2. The van der Waals surface area contributed by atoms with E-state index < -0.39 is 5.97 Å². The second-order valence-corrected chi connectivity index (χ2v) is 3.79. The average Bonchev–Trinajstić information content (AvgIpc) is 2.62. The number of carboxylic acid groups (broad SMARTS) is 1. The van der Waals surface area contributed by atoms with E-state index in [1.165, 1.54) is 10.7 Å². The molecule has 0 radical (unpaired) electrons. The van der Waals surface area contributed by atoms with Crippen molar-refractivity contribution in [3.05, 3.63) is 41.0 Å². The van der Waals surface area contributed by atoms with Crippen molar-refractivity contribution in [3.8, 4) is 11.3 Å².